The number of aryl methyl sites for hydroxylation is 1. The van der Waals surface area contributed by atoms with E-state index in [1.807, 2.05) is 6.07 Å². The number of piperazine rings is 1. The number of carboxylic acid groups (broad SMARTS) is 1. The first-order valence-corrected chi connectivity index (χ1v) is 9.92. The molecule has 138 valence electrons. The van der Waals surface area contributed by atoms with Crippen LogP contribution < -0.4 is 0 Å². The lowest BCUT2D eigenvalue weighted by Gasteiger charge is -2.34. The van der Waals surface area contributed by atoms with E-state index in [0.29, 0.717) is 26.2 Å². The first-order valence-electron chi connectivity index (χ1n) is 8.48. The van der Waals surface area contributed by atoms with E-state index in [0.717, 1.165) is 6.54 Å². The van der Waals surface area contributed by atoms with Crippen molar-refractivity contribution in [3.05, 3.63) is 65.2 Å². The van der Waals surface area contributed by atoms with Crippen molar-refractivity contribution in [3.8, 4) is 0 Å². The third-order valence-electron chi connectivity index (χ3n) is 4.56. The summed E-state index contributed by atoms with van der Waals surface area (Å²) >= 11 is 0. The number of carbonyl (C=O) groups is 1. The Balaban J connectivity index is 1.64. The average Bonchev–Trinajstić information content (AvgIpc) is 2.62. The number of benzene rings is 2. The van der Waals surface area contributed by atoms with Crippen molar-refractivity contribution < 1.29 is 18.3 Å². The van der Waals surface area contributed by atoms with Gasteiger partial charge in [-0.1, -0.05) is 29.8 Å². The van der Waals surface area contributed by atoms with Crippen molar-refractivity contribution in [1.82, 2.24) is 9.21 Å². The van der Waals surface area contributed by atoms with Gasteiger partial charge in [-0.2, -0.15) is 4.31 Å². The molecule has 0 saturated carbocycles. The van der Waals surface area contributed by atoms with E-state index in [9.17, 15) is 13.2 Å². The maximum absolute atomic E-state index is 12.7. The third kappa shape index (κ3) is 4.12. The summed E-state index contributed by atoms with van der Waals surface area (Å²) in [5.74, 6) is -1.07. The van der Waals surface area contributed by atoms with Gasteiger partial charge in [0.2, 0.25) is 10.0 Å². The fraction of sp³-hybridized carbons (Fsp3) is 0.316. The second-order valence-electron chi connectivity index (χ2n) is 6.50. The molecule has 2 aromatic rings. The minimum Gasteiger partial charge on any atom is -0.478 e. The molecule has 0 atom stereocenters. The summed E-state index contributed by atoms with van der Waals surface area (Å²) in [6.45, 7) is 5.05. The molecule has 0 aromatic heterocycles. The monoisotopic (exact) mass is 374 g/mol. The highest BCUT2D eigenvalue weighted by Gasteiger charge is 2.28. The zero-order chi connectivity index (χ0) is 18.7. The minimum atomic E-state index is -3.59. The second-order valence-corrected chi connectivity index (χ2v) is 8.44. The molecule has 7 heteroatoms. The number of hydrogen-bond donors (Lipinski definition) is 1. The van der Waals surface area contributed by atoms with Crippen LogP contribution in [0, 0.1) is 6.92 Å². The van der Waals surface area contributed by atoms with E-state index in [1.54, 1.807) is 0 Å². The molecule has 1 saturated heterocycles. The van der Waals surface area contributed by atoms with Crippen LogP contribution in [0.4, 0.5) is 0 Å². The van der Waals surface area contributed by atoms with Gasteiger partial charge < -0.3 is 5.11 Å². The molecule has 0 amide bonds. The zero-order valence-corrected chi connectivity index (χ0v) is 15.4. The summed E-state index contributed by atoms with van der Waals surface area (Å²) in [5, 5.41) is 8.93. The number of sulfonamides is 1. The predicted octanol–water partition coefficient (Wildman–Crippen LogP) is 2.20. The molecule has 0 unspecified atom stereocenters. The van der Waals surface area contributed by atoms with Gasteiger partial charge in [0, 0.05) is 32.7 Å². The SMILES string of the molecule is Cc1cccc(CN2CCN(S(=O)(=O)c3ccc(C(=O)O)cc3)CC2)c1. The molecular weight excluding hydrogens is 352 g/mol. The van der Waals surface area contributed by atoms with Crippen LogP contribution in [0.2, 0.25) is 0 Å². The quantitative estimate of drug-likeness (QED) is 0.868. The fourth-order valence-corrected chi connectivity index (χ4v) is 4.54. The van der Waals surface area contributed by atoms with Gasteiger partial charge in [0.25, 0.3) is 0 Å². The molecule has 1 aliphatic heterocycles. The van der Waals surface area contributed by atoms with Crippen LogP contribution in [0.1, 0.15) is 21.5 Å². The van der Waals surface area contributed by atoms with Gasteiger partial charge in [0.05, 0.1) is 10.5 Å². The number of nitrogens with zero attached hydrogens (tertiary/aromatic N) is 2. The molecular formula is C19H22N2O4S. The molecule has 0 bridgehead atoms. The lowest BCUT2D eigenvalue weighted by atomic mass is 10.1. The first kappa shape index (κ1) is 18.6. The van der Waals surface area contributed by atoms with Crippen molar-refractivity contribution in [1.29, 1.82) is 0 Å². The van der Waals surface area contributed by atoms with Crippen LogP contribution in [-0.4, -0.2) is 54.9 Å². The van der Waals surface area contributed by atoms with Crippen LogP contribution in [0.15, 0.2) is 53.4 Å². The van der Waals surface area contributed by atoms with Crippen LogP contribution in [0.3, 0.4) is 0 Å². The second kappa shape index (κ2) is 7.57. The van der Waals surface area contributed by atoms with Gasteiger partial charge in [-0.25, -0.2) is 13.2 Å². The van der Waals surface area contributed by atoms with Crippen molar-refractivity contribution in [2.75, 3.05) is 26.2 Å². The Morgan fingerprint density at radius 1 is 1.04 bits per heavy atom. The maximum Gasteiger partial charge on any atom is 0.335 e. The molecule has 1 N–H and O–H groups in total. The largest absolute Gasteiger partial charge is 0.478 e. The van der Waals surface area contributed by atoms with E-state index < -0.39 is 16.0 Å². The molecule has 0 radical (unpaired) electrons. The lowest BCUT2D eigenvalue weighted by Crippen LogP contribution is -2.48. The summed E-state index contributed by atoms with van der Waals surface area (Å²) in [7, 11) is -3.59. The van der Waals surface area contributed by atoms with Gasteiger partial charge in [0.15, 0.2) is 0 Å². The van der Waals surface area contributed by atoms with Gasteiger partial charge in [-0.05, 0) is 36.8 Å². The lowest BCUT2D eigenvalue weighted by molar-refractivity contribution is 0.0696. The van der Waals surface area contributed by atoms with E-state index in [2.05, 4.69) is 30.0 Å². The van der Waals surface area contributed by atoms with Crippen molar-refractivity contribution >= 4 is 16.0 Å². The fourth-order valence-electron chi connectivity index (χ4n) is 3.12. The summed E-state index contributed by atoms with van der Waals surface area (Å²) in [6.07, 6.45) is 0. The van der Waals surface area contributed by atoms with Gasteiger partial charge in [-0.15, -0.1) is 0 Å². The van der Waals surface area contributed by atoms with E-state index in [1.165, 1.54) is 39.7 Å². The van der Waals surface area contributed by atoms with Crippen molar-refractivity contribution in [3.63, 3.8) is 0 Å². The molecule has 3 rings (SSSR count). The van der Waals surface area contributed by atoms with E-state index in [-0.39, 0.29) is 10.5 Å². The molecule has 26 heavy (non-hydrogen) atoms. The molecule has 0 spiro atoms. The third-order valence-corrected chi connectivity index (χ3v) is 6.47. The first-order chi connectivity index (χ1) is 12.4. The summed E-state index contributed by atoms with van der Waals surface area (Å²) in [4.78, 5) is 13.3. The van der Waals surface area contributed by atoms with Crippen molar-refractivity contribution in [2.45, 2.75) is 18.4 Å². The Hall–Kier alpha value is -2.22. The van der Waals surface area contributed by atoms with Gasteiger partial charge >= 0.3 is 5.97 Å². The summed E-state index contributed by atoms with van der Waals surface area (Å²) in [6, 6.07) is 13.7. The Morgan fingerprint density at radius 2 is 1.69 bits per heavy atom. The highest BCUT2D eigenvalue weighted by atomic mass is 32.2. The molecule has 0 aliphatic carbocycles. The Morgan fingerprint density at radius 3 is 2.27 bits per heavy atom. The minimum absolute atomic E-state index is 0.0759. The zero-order valence-electron chi connectivity index (χ0n) is 14.6. The molecule has 1 heterocycles. The average molecular weight is 374 g/mol. The molecule has 1 fully saturated rings. The number of carboxylic acids is 1. The van der Waals surface area contributed by atoms with Crippen LogP contribution in [0.5, 0.6) is 0 Å². The van der Waals surface area contributed by atoms with Crippen LogP contribution in [0.25, 0.3) is 0 Å². The van der Waals surface area contributed by atoms with E-state index >= 15 is 0 Å². The molecule has 2 aromatic carbocycles. The standard InChI is InChI=1S/C19H22N2O4S/c1-15-3-2-4-16(13-15)14-20-9-11-21(12-10-20)26(24,25)18-7-5-17(6-8-18)19(22)23/h2-8,13H,9-12,14H2,1H3,(H,22,23). The maximum atomic E-state index is 12.7. The van der Waals surface area contributed by atoms with Crippen LogP contribution in [-0.2, 0) is 16.6 Å². The Bertz CT molecular complexity index is 886. The van der Waals surface area contributed by atoms with E-state index in [4.69, 9.17) is 5.11 Å². The smallest absolute Gasteiger partial charge is 0.335 e. The van der Waals surface area contributed by atoms with Crippen LogP contribution >= 0.6 is 0 Å². The summed E-state index contributed by atoms with van der Waals surface area (Å²) < 4.78 is 26.9. The topological polar surface area (TPSA) is 77.9 Å². The molecule has 6 nitrogen and oxygen atoms in total. The highest BCUT2D eigenvalue weighted by Crippen LogP contribution is 2.19. The predicted molar refractivity (Wildman–Crippen MR) is 98.6 cm³/mol. The molecule has 1 aliphatic rings. The summed E-state index contributed by atoms with van der Waals surface area (Å²) in [5.41, 5.74) is 2.52. The number of rotatable bonds is 5. The van der Waals surface area contributed by atoms with Crippen molar-refractivity contribution in [2.24, 2.45) is 0 Å². The highest BCUT2D eigenvalue weighted by molar-refractivity contribution is 7.89. The Labute approximate surface area is 153 Å². The Kier molecular flexibility index (Phi) is 5.41. The number of aromatic carboxylic acids is 1. The normalized spacial score (nSPS) is 16.5. The van der Waals surface area contributed by atoms with Gasteiger partial charge in [-0.3, -0.25) is 4.90 Å². The number of hydrogen-bond acceptors (Lipinski definition) is 4. The van der Waals surface area contributed by atoms with Gasteiger partial charge in [0.1, 0.15) is 0 Å².